The first-order valence-corrected chi connectivity index (χ1v) is 8.45. The van der Waals surface area contributed by atoms with E-state index in [9.17, 15) is 13.2 Å². The summed E-state index contributed by atoms with van der Waals surface area (Å²) in [5.41, 5.74) is 2.52. The third-order valence-electron chi connectivity index (χ3n) is 3.67. The number of anilines is 1. The van der Waals surface area contributed by atoms with Crippen LogP contribution >= 0.6 is 0 Å². The number of aryl methyl sites for hydroxylation is 1. The maximum Gasteiger partial charge on any atom is 0.262 e. The molecule has 2 N–H and O–H groups in total. The summed E-state index contributed by atoms with van der Waals surface area (Å²) in [7, 11) is -3.67. The quantitative estimate of drug-likeness (QED) is 0.910. The zero-order chi connectivity index (χ0) is 15.7. The van der Waals surface area contributed by atoms with Gasteiger partial charge in [0.25, 0.3) is 15.9 Å². The van der Waals surface area contributed by atoms with Gasteiger partial charge >= 0.3 is 0 Å². The van der Waals surface area contributed by atoms with Crippen LogP contribution in [0.3, 0.4) is 0 Å². The van der Waals surface area contributed by atoms with E-state index in [0.29, 0.717) is 23.4 Å². The first kappa shape index (κ1) is 14.6. The average Bonchev–Trinajstić information content (AvgIpc) is 2.48. The minimum Gasteiger partial charge on any atom is -0.352 e. The Labute approximate surface area is 129 Å². The average molecular weight is 316 g/mol. The summed E-state index contributed by atoms with van der Waals surface area (Å²) in [5, 5.41) is 2.75. The van der Waals surface area contributed by atoms with E-state index in [0.717, 1.165) is 12.0 Å². The molecule has 0 fully saturated rings. The maximum atomic E-state index is 12.5. The van der Waals surface area contributed by atoms with Crippen molar-refractivity contribution in [3.63, 3.8) is 0 Å². The predicted molar refractivity (Wildman–Crippen MR) is 84.5 cm³/mol. The molecule has 0 aliphatic carbocycles. The molecule has 6 heteroatoms. The number of amides is 1. The van der Waals surface area contributed by atoms with Crippen LogP contribution in [0.4, 0.5) is 5.69 Å². The summed E-state index contributed by atoms with van der Waals surface area (Å²) in [5.74, 6) is -0.168. The molecule has 0 unspecified atom stereocenters. The van der Waals surface area contributed by atoms with E-state index in [4.69, 9.17) is 0 Å². The van der Waals surface area contributed by atoms with Crippen molar-refractivity contribution >= 4 is 21.6 Å². The highest BCUT2D eigenvalue weighted by Gasteiger charge is 2.20. The summed E-state index contributed by atoms with van der Waals surface area (Å²) in [4.78, 5) is 12.1. The normalized spacial score (nSPS) is 14.1. The van der Waals surface area contributed by atoms with Crippen LogP contribution < -0.4 is 10.0 Å². The molecular weight excluding hydrogens is 300 g/mol. The minimum atomic E-state index is -3.67. The molecule has 0 aromatic heterocycles. The van der Waals surface area contributed by atoms with Crippen molar-refractivity contribution in [3.8, 4) is 0 Å². The van der Waals surface area contributed by atoms with Crippen molar-refractivity contribution in [2.24, 2.45) is 0 Å². The number of hydrogen-bond donors (Lipinski definition) is 2. The lowest BCUT2D eigenvalue weighted by Gasteiger charge is -2.18. The van der Waals surface area contributed by atoms with Crippen LogP contribution in [0.25, 0.3) is 0 Å². The first-order chi connectivity index (χ1) is 10.5. The molecule has 0 radical (unpaired) electrons. The molecule has 0 saturated heterocycles. The SMILES string of the molecule is Cc1ccccc1S(=O)(=O)Nc1ccc2c(c1)C(=O)NCC2. The Morgan fingerprint density at radius 2 is 1.91 bits per heavy atom. The van der Waals surface area contributed by atoms with Crippen LogP contribution in [0.2, 0.25) is 0 Å². The van der Waals surface area contributed by atoms with Crippen LogP contribution in [-0.4, -0.2) is 20.9 Å². The number of carbonyl (C=O) groups excluding carboxylic acids is 1. The Bertz CT molecular complexity index is 844. The Balaban J connectivity index is 1.95. The molecule has 22 heavy (non-hydrogen) atoms. The fraction of sp³-hybridized carbons (Fsp3) is 0.188. The van der Waals surface area contributed by atoms with Crippen LogP contribution in [0.15, 0.2) is 47.4 Å². The zero-order valence-electron chi connectivity index (χ0n) is 12.1. The molecular formula is C16H16N2O3S. The number of hydrogen-bond acceptors (Lipinski definition) is 3. The highest BCUT2D eigenvalue weighted by molar-refractivity contribution is 7.92. The van der Waals surface area contributed by atoms with Crippen molar-refractivity contribution in [2.75, 3.05) is 11.3 Å². The highest BCUT2D eigenvalue weighted by atomic mass is 32.2. The topological polar surface area (TPSA) is 75.3 Å². The van der Waals surface area contributed by atoms with Gasteiger partial charge in [-0.3, -0.25) is 9.52 Å². The number of fused-ring (bicyclic) bond motifs is 1. The number of nitrogens with one attached hydrogen (secondary N) is 2. The molecule has 1 aliphatic rings. The number of benzene rings is 2. The molecule has 0 saturated carbocycles. The predicted octanol–water partition coefficient (Wildman–Crippen LogP) is 2.08. The molecule has 1 aliphatic heterocycles. The fourth-order valence-electron chi connectivity index (χ4n) is 2.54. The van der Waals surface area contributed by atoms with Crippen LogP contribution in [0, 0.1) is 6.92 Å². The van der Waals surface area contributed by atoms with Gasteiger partial charge in [-0.2, -0.15) is 0 Å². The lowest BCUT2D eigenvalue weighted by molar-refractivity contribution is 0.0946. The Morgan fingerprint density at radius 1 is 1.14 bits per heavy atom. The van der Waals surface area contributed by atoms with Gasteiger partial charge in [-0.1, -0.05) is 24.3 Å². The van der Waals surface area contributed by atoms with Crippen molar-refractivity contribution in [3.05, 3.63) is 59.2 Å². The molecule has 114 valence electrons. The van der Waals surface area contributed by atoms with E-state index in [-0.39, 0.29) is 10.8 Å². The number of carbonyl (C=O) groups is 1. The van der Waals surface area contributed by atoms with Gasteiger partial charge in [-0.25, -0.2) is 8.42 Å². The van der Waals surface area contributed by atoms with Crippen molar-refractivity contribution in [1.82, 2.24) is 5.32 Å². The Hall–Kier alpha value is -2.34. The van der Waals surface area contributed by atoms with E-state index < -0.39 is 10.0 Å². The molecule has 0 spiro atoms. The number of rotatable bonds is 3. The Morgan fingerprint density at radius 3 is 2.68 bits per heavy atom. The standard InChI is InChI=1S/C16H16N2O3S/c1-11-4-2-3-5-15(11)22(20,21)18-13-7-6-12-8-9-17-16(19)14(12)10-13/h2-7,10,18H,8-9H2,1H3,(H,17,19). The third kappa shape index (κ3) is 2.69. The molecule has 2 aromatic carbocycles. The van der Waals surface area contributed by atoms with E-state index in [1.54, 1.807) is 49.4 Å². The van der Waals surface area contributed by atoms with Gasteiger partial charge < -0.3 is 5.32 Å². The van der Waals surface area contributed by atoms with Gasteiger partial charge in [0.15, 0.2) is 0 Å². The summed E-state index contributed by atoms with van der Waals surface area (Å²) in [6, 6.07) is 11.8. The summed E-state index contributed by atoms with van der Waals surface area (Å²) < 4.78 is 27.5. The number of sulfonamides is 1. The van der Waals surface area contributed by atoms with Crippen LogP contribution in [-0.2, 0) is 16.4 Å². The second kappa shape index (κ2) is 5.46. The van der Waals surface area contributed by atoms with Gasteiger partial charge in [0.05, 0.1) is 4.90 Å². The zero-order valence-corrected chi connectivity index (χ0v) is 12.9. The molecule has 0 bridgehead atoms. The molecule has 1 heterocycles. The third-order valence-corrected chi connectivity index (χ3v) is 5.21. The van der Waals surface area contributed by atoms with Crippen molar-refractivity contribution in [1.29, 1.82) is 0 Å². The van der Waals surface area contributed by atoms with Gasteiger partial charge in [-0.15, -0.1) is 0 Å². The molecule has 0 atom stereocenters. The highest BCUT2D eigenvalue weighted by Crippen LogP contribution is 2.23. The summed E-state index contributed by atoms with van der Waals surface area (Å²) in [6.07, 6.45) is 0.756. The van der Waals surface area contributed by atoms with E-state index in [1.807, 2.05) is 0 Å². The fourth-order valence-corrected chi connectivity index (χ4v) is 3.84. The van der Waals surface area contributed by atoms with Gasteiger partial charge in [-0.05, 0) is 42.7 Å². The summed E-state index contributed by atoms with van der Waals surface area (Å²) >= 11 is 0. The maximum absolute atomic E-state index is 12.5. The van der Waals surface area contributed by atoms with Crippen molar-refractivity contribution < 1.29 is 13.2 Å². The molecule has 5 nitrogen and oxygen atoms in total. The van der Waals surface area contributed by atoms with E-state index in [1.165, 1.54) is 0 Å². The lowest BCUT2D eigenvalue weighted by Crippen LogP contribution is -2.31. The van der Waals surface area contributed by atoms with Gasteiger partial charge in [0.1, 0.15) is 0 Å². The second-order valence-electron chi connectivity index (χ2n) is 5.25. The molecule has 3 rings (SSSR count). The van der Waals surface area contributed by atoms with Crippen LogP contribution in [0.5, 0.6) is 0 Å². The monoisotopic (exact) mass is 316 g/mol. The lowest BCUT2D eigenvalue weighted by atomic mass is 10.00. The smallest absolute Gasteiger partial charge is 0.262 e. The van der Waals surface area contributed by atoms with E-state index >= 15 is 0 Å². The largest absolute Gasteiger partial charge is 0.352 e. The van der Waals surface area contributed by atoms with Crippen LogP contribution in [0.1, 0.15) is 21.5 Å². The molecule has 1 amide bonds. The minimum absolute atomic E-state index is 0.168. The van der Waals surface area contributed by atoms with Crippen molar-refractivity contribution in [2.45, 2.75) is 18.2 Å². The van der Waals surface area contributed by atoms with Gasteiger partial charge in [0, 0.05) is 17.8 Å². The van der Waals surface area contributed by atoms with Gasteiger partial charge in [0.2, 0.25) is 0 Å². The van der Waals surface area contributed by atoms with E-state index in [2.05, 4.69) is 10.0 Å². The Kier molecular flexibility index (Phi) is 3.62. The summed E-state index contributed by atoms with van der Waals surface area (Å²) in [6.45, 7) is 2.36. The molecule has 2 aromatic rings. The second-order valence-corrected chi connectivity index (χ2v) is 6.90. The first-order valence-electron chi connectivity index (χ1n) is 6.97.